The van der Waals surface area contributed by atoms with Gasteiger partial charge < -0.3 is 24.0 Å². The quantitative estimate of drug-likeness (QED) is 0.718. The lowest BCUT2D eigenvalue weighted by atomic mass is 9.67. The number of piperidine rings is 1. The molecule has 170 valence electrons. The Morgan fingerprint density at radius 1 is 1.03 bits per heavy atom. The third kappa shape index (κ3) is 4.38. The molecule has 3 heterocycles. The van der Waals surface area contributed by atoms with E-state index in [0.717, 1.165) is 57.2 Å². The minimum absolute atomic E-state index is 0.0188. The SMILES string of the molecule is COc1ccc(OC)c(CC(=O)N2CCCC3(CCOCC3)C2C(=O)N2CCCC2)c1. The monoisotopic (exact) mass is 430 g/mol. The van der Waals surface area contributed by atoms with Crippen molar-refractivity contribution in [3.63, 3.8) is 0 Å². The van der Waals surface area contributed by atoms with Crippen LogP contribution in [0.4, 0.5) is 0 Å². The van der Waals surface area contributed by atoms with E-state index in [1.165, 1.54) is 0 Å². The van der Waals surface area contributed by atoms with E-state index in [9.17, 15) is 9.59 Å². The van der Waals surface area contributed by atoms with Gasteiger partial charge in [0.15, 0.2) is 0 Å². The first-order chi connectivity index (χ1) is 15.1. The number of rotatable bonds is 5. The summed E-state index contributed by atoms with van der Waals surface area (Å²) in [6.45, 7) is 3.55. The van der Waals surface area contributed by atoms with Gasteiger partial charge in [-0.2, -0.15) is 0 Å². The van der Waals surface area contributed by atoms with Crippen LogP contribution in [0.1, 0.15) is 44.1 Å². The largest absolute Gasteiger partial charge is 0.497 e. The van der Waals surface area contributed by atoms with Gasteiger partial charge in [0.2, 0.25) is 11.8 Å². The Morgan fingerprint density at radius 2 is 1.77 bits per heavy atom. The Morgan fingerprint density at radius 3 is 2.45 bits per heavy atom. The number of nitrogens with zero attached hydrogens (tertiary/aromatic N) is 2. The summed E-state index contributed by atoms with van der Waals surface area (Å²) in [4.78, 5) is 31.2. The van der Waals surface area contributed by atoms with Crippen LogP contribution in [-0.2, 0) is 20.7 Å². The van der Waals surface area contributed by atoms with Gasteiger partial charge in [-0.05, 0) is 56.7 Å². The molecule has 3 saturated heterocycles. The number of benzene rings is 1. The van der Waals surface area contributed by atoms with E-state index in [1.807, 2.05) is 28.0 Å². The molecule has 7 heteroatoms. The van der Waals surface area contributed by atoms with Gasteiger partial charge in [-0.1, -0.05) is 0 Å². The van der Waals surface area contributed by atoms with Crippen LogP contribution in [0, 0.1) is 5.41 Å². The highest BCUT2D eigenvalue weighted by Crippen LogP contribution is 2.45. The molecule has 7 nitrogen and oxygen atoms in total. The fraction of sp³-hybridized carbons (Fsp3) is 0.667. The molecule has 0 radical (unpaired) electrons. The zero-order chi connectivity index (χ0) is 21.8. The molecule has 0 aromatic heterocycles. The predicted octanol–water partition coefficient (Wildman–Crippen LogP) is 2.66. The number of likely N-dealkylation sites (tertiary alicyclic amines) is 2. The lowest BCUT2D eigenvalue weighted by Gasteiger charge is -2.51. The van der Waals surface area contributed by atoms with Crippen LogP contribution in [0.15, 0.2) is 18.2 Å². The van der Waals surface area contributed by atoms with E-state index in [1.54, 1.807) is 14.2 Å². The number of carbonyl (C=O) groups is 2. The summed E-state index contributed by atoms with van der Waals surface area (Å²) in [6.07, 6.45) is 5.86. The number of methoxy groups -OCH3 is 2. The summed E-state index contributed by atoms with van der Waals surface area (Å²) in [5, 5.41) is 0. The third-order valence-electron chi connectivity index (χ3n) is 7.26. The van der Waals surface area contributed by atoms with Crippen molar-refractivity contribution in [2.24, 2.45) is 5.41 Å². The Balaban J connectivity index is 1.63. The zero-order valence-corrected chi connectivity index (χ0v) is 18.7. The van der Waals surface area contributed by atoms with Gasteiger partial charge in [-0.25, -0.2) is 0 Å². The number of hydrogen-bond acceptors (Lipinski definition) is 5. The summed E-state index contributed by atoms with van der Waals surface area (Å²) in [5.41, 5.74) is 0.607. The Bertz CT molecular complexity index is 794. The van der Waals surface area contributed by atoms with Gasteiger partial charge >= 0.3 is 0 Å². The molecule has 4 rings (SSSR count). The van der Waals surface area contributed by atoms with Gasteiger partial charge in [0.1, 0.15) is 17.5 Å². The first-order valence-electron chi connectivity index (χ1n) is 11.4. The molecule has 1 spiro atoms. The molecule has 1 aromatic rings. The van der Waals surface area contributed by atoms with Crippen molar-refractivity contribution in [2.75, 3.05) is 47.1 Å². The maximum absolute atomic E-state index is 13.7. The molecule has 0 aliphatic carbocycles. The minimum Gasteiger partial charge on any atom is -0.497 e. The first-order valence-corrected chi connectivity index (χ1v) is 11.4. The summed E-state index contributed by atoms with van der Waals surface area (Å²) in [7, 11) is 3.21. The average molecular weight is 431 g/mol. The molecular formula is C24H34N2O5. The molecule has 3 aliphatic heterocycles. The molecule has 1 unspecified atom stereocenters. The summed E-state index contributed by atoms with van der Waals surface area (Å²) in [6, 6.07) is 5.10. The second kappa shape index (κ2) is 9.47. The van der Waals surface area contributed by atoms with E-state index < -0.39 is 6.04 Å². The molecule has 1 atom stereocenters. The fourth-order valence-electron chi connectivity index (χ4n) is 5.56. The van der Waals surface area contributed by atoms with E-state index in [2.05, 4.69) is 0 Å². The second-order valence-corrected chi connectivity index (χ2v) is 8.95. The van der Waals surface area contributed by atoms with E-state index in [0.29, 0.717) is 31.3 Å². The van der Waals surface area contributed by atoms with Crippen molar-refractivity contribution in [1.29, 1.82) is 0 Å². The molecule has 0 bridgehead atoms. The maximum atomic E-state index is 13.7. The van der Waals surface area contributed by atoms with Crippen LogP contribution >= 0.6 is 0 Å². The third-order valence-corrected chi connectivity index (χ3v) is 7.26. The Kier molecular flexibility index (Phi) is 6.70. The van der Waals surface area contributed by atoms with Crippen LogP contribution in [0.3, 0.4) is 0 Å². The number of amides is 2. The Hall–Kier alpha value is -2.28. The lowest BCUT2D eigenvalue weighted by Crippen LogP contribution is -2.62. The van der Waals surface area contributed by atoms with E-state index >= 15 is 0 Å². The van der Waals surface area contributed by atoms with Crippen LogP contribution in [-0.4, -0.2) is 74.7 Å². The summed E-state index contributed by atoms with van der Waals surface area (Å²) < 4.78 is 16.5. The standard InChI is InChI=1S/C24H34N2O5/c1-29-19-6-7-20(30-2)18(16-19)17-21(27)26-13-5-8-24(9-14-31-15-10-24)22(26)23(28)25-11-3-4-12-25/h6-7,16,22H,3-5,8-15,17H2,1-2H3. The Labute approximate surface area is 184 Å². The molecule has 3 aliphatic rings. The van der Waals surface area contributed by atoms with Gasteiger partial charge in [0.25, 0.3) is 0 Å². The lowest BCUT2D eigenvalue weighted by molar-refractivity contribution is -0.160. The smallest absolute Gasteiger partial charge is 0.245 e. The molecule has 31 heavy (non-hydrogen) atoms. The van der Waals surface area contributed by atoms with E-state index in [-0.39, 0.29) is 23.7 Å². The van der Waals surface area contributed by atoms with Crippen LogP contribution in [0.2, 0.25) is 0 Å². The molecule has 2 amide bonds. The number of carbonyl (C=O) groups excluding carboxylic acids is 2. The average Bonchev–Trinajstić information content (AvgIpc) is 3.34. The van der Waals surface area contributed by atoms with Crippen molar-refractivity contribution in [2.45, 2.75) is 51.0 Å². The molecule has 0 N–H and O–H groups in total. The van der Waals surface area contributed by atoms with E-state index in [4.69, 9.17) is 14.2 Å². The van der Waals surface area contributed by atoms with Gasteiger partial charge in [-0.15, -0.1) is 0 Å². The first kappa shape index (κ1) is 21.9. The normalized spacial score (nSPS) is 23.1. The molecule has 0 saturated carbocycles. The van der Waals surface area contributed by atoms with Crippen molar-refractivity contribution >= 4 is 11.8 Å². The number of hydrogen-bond donors (Lipinski definition) is 0. The molecule has 3 fully saturated rings. The maximum Gasteiger partial charge on any atom is 0.245 e. The molecule has 1 aromatic carbocycles. The van der Waals surface area contributed by atoms with Crippen molar-refractivity contribution in [3.05, 3.63) is 23.8 Å². The van der Waals surface area contributed by atoms with Crippen molar-refractivity contribution in [1.82, 2.24) is 9.80 Å². The fourth-order valence-corrected chi connectivity index (χ4v) is 5.56. The highest BCUT2D eigenvalue weighted by atomic mass is 16.5. The van der Waals surface area contributed by atoms with Gasteiger partial charge in [0, 0.05) is 43.8 Å². The van der Waals surface area contributed by atoms with Crippen molar-refractivity contribution in [3.8, 4) is 11.5 Å². The van der Waals surface area contributed by atoms with Crippen LogP contribution < -0.4 is 9.47 Å². The van der Waals surface area contributed by atoms with Crippen LogP contribution in [0.5, 0.6) is 11.5 Å². The summed E-state index contributed by atoms with van der Waals surface area (Å²) in [5.74, 6) is 1.46. The topological polar surface area (TPSA) is 68.3 Å². The minimum atomic E-state index is -0.396. The van der Waals surface area contributed by atoms with Gasteiger partial charge in [0.05, 0.1) is 20.6 Å². The highest BCUT2D eigenvalue weighted by molar-refractivity contribution is 5.90. The van der Waals surface area contributed by atoms with Gasteiger partial charge in [-0.3, -0.25) is 9.59 Å². The van der Waals surface area contributed by atoms with Crippen molar-refractivity contribution < 1.29 is 23.8 Å². The molecular weight excluding hydrogens is 396 g/mol. The summed E-state index contributed by atoms with van der Waals surface area (Å²) >= 11 is 0. The second-order valence-electron chi connectivity index (χ2n) is 8.95. The zero-order valence-electron chi connectivity index (χ0n) is 18.7. The van der Waals surface area contributed by atoms with Crippen LogP contribution in [0.25, 0.3) is 0 Å². The number of ether oxygens (including phenoxy) is 3. The predicted molar refractivity (Wildman–Crippen MR) is 116 cm³/mol. The highest BCUT2D eigenvalue weighted by Gasteiger charge is 2.51.